The molecule has 1 aliphatic heterocycles. The Kier molecular flexibility index (Phi) is 4.61. The largest absolute Gasteiger partial charge is 0.349 e. The molecule has 1 heterocycles. The molecule has 4 nitrogen and oxygen atoms in total. The molecule has 1 aromatic rings. The fraction of sp³-hybridized carbons (Fsp3) is 0.579. The van der Waals surface area contributed by atoms with E-state index in [1.165, 1.54) is 12.1 Å². The van der Waals surface area contributed by atoms with Crippen LogP contribution in [-0.2, 0) is 16.0 Å². The molecule has 5 heteroatoms. The van der Waals surface area contributed by atoms with Gasteiger partial charge in [-0.05, 0) is 37.0 Å². The summed E-state index contributed by atoms with van der Waals surface area (Å²) < 4.78 is 13.3. The van der Waals surface area contributed by atoms with Gasteiger partial charge in [-0.2, -0.15) is 0 Å². The lowest BCUT2D eigenvalue weighted by Crippen LogP contribution is -2.41. The van der Waals surface area contributed by atoms with Crippen molar-refractivity contribution in [1.29, 1.82) is 0 Å². The van der Waals surface area contributed by atoms with Crippen LogP contribution in [0.2, 0.25) is 0 Å². The molecule has 1 aromatic carbocycles. The second kappa shape index (κ2) is 6.54. The lowest BCUT2D eigenvalue weighted by Gasteiger charge is -2.32. The maximum Gasteiger partial charge on any atom is 0.227 e. The van der Waals surface area contributed by atoms with Gasteiger partial charge in [0.1, 0.15) is 5.82 Å². The number of likely N-dealkylation sites (tertiary alicyclic amines) is 1. The first kappa shape index (κ1) is 16.9. The summed E-state index contributed by atoms with van der Waals surface area (Å²) in [4.78, 5) is 28.6. The Morgan fingerprint density at radius 3 is 2.83 bits per heavy atom. The van der Waals surface area contributed by atoms with Crippen LogP contribution in [0, 0.1) is 17.2 Å². The molecule has 2 atom stereocenters. The molecule has 2 fully saturated rings. The summed E-state index contributed by atoms with van der Waals surface area (Å²) in [5.74, 6) is -0.0718. The van der Waals surface area contributed by atoms with Gasteiger partial charge < -0.3 is 9.80 Å². The van der Waals surface area contributed by atoms with Crippen LogP contribution in [0.3, 0.4) is 0 Å². The topological polar surface area (TPSA) is 40.6 Å². The van der Waals surface area contributed by atoms with Crippen LogP contribution in [0.4, 0.5) is 4.39 Å². The van der Waals surface area contributed by atoms with E-state index in [0.717, 1.165) is 25.7 Å². The normalized spacial score (nSPS) is 26.1. The van der Waals surface area contributed by atoms with Crippen LogP contribution in [0.25, 0.3) is 0 Å². The predicted molar refractivity (Wildman–Crippen MR) is 89.8 cm³/mol. The molecular weight excluding hydrogens is 307 g/mol. The van der Waals surface area contributed by atoms with Gasteiger partial charge in [-0.1, -0.05) is 18.6 Å². The minimum atomic E-state index is -0.314. The van der Waals surface area contributed by atoms with E-state index in [2.05, 4.69) is 0 Å². The minimum absolute atomic E-state index is 0.0273. The maximum atomic E-state index is 13.3. The molecular formula is C19H25FN2O2. The van der Waals surface area contributed by atoms with E-state index in [-0.39, 0.29) is 35.4 Å². The lowest BCUT2D eigenvalue weighted by molar-refractivity contribution is -0.137. The van der Waals surface area contributed by atoms with Crippen molar-refractivity contribution in [3.8, 4) is 0 Å². The molecule has 0 unspecified atom stereocenters. The first-order valence-electron chi connectivity index (χ1n) is 8.65. The highest BCUT2D eigenvalue weighted by Gasteiger charge is 2.51. The highest BCUT2D eigenvalue weighted by molar-refractivity contribution is 5.81. The van der Waals surface area contributed by atoms with Crippen molar-refractivity contribution in [2.75, 3.05) is 27.2 Å². The van der Waals surface area contributed by atoms with E-state index in [9.17, 15) is 14.0 Å². The second-order valence-electron chi connectivity index (χ2n) is 7.41. The molecule has 2 amide bonds. The standard InChI is InChI=1S/C19H25FN2O2/c1-21(2)18(24)16-7-4-8-19(16)9-10-22(13-19)17(23)12-14-5-3-6-15(20)11-14/h3,5-6,11,16H,4,7-10,12-13H2,1-2H3/t16-,19+/m1/s1. The Bertz CT molecular complexity index is 646. The molecule has 24 heavy (non-hydrogen) atoms. The summed E-state index contributed by atoms with van der Waals surface area (Å²) in [7, 11) is 3.60. The molecule has 0 bridgehead atoms. The molecule has 1 saturated carbocycles. The second-order valence-corrected chi connectivity index (χ2v) is 7.41. The summed E-state index contributed by atoms with van der Waals surface area (Å²) in [6.07, 6.45) is 4.10. The zero-order valence-electron chi connectivity index (χ0n) is 14.4. The summed E-state index contributed by atoms with van der Waals surface area (Å²) in [5, 5.41) is 0. The molecule has 0 aromatic heterocycles. The van der Waals surface area contributed by atoms with Crippen molar-refractivity contribution in [2.24, 2.45) is 11.3 Å². The van der Waals surface area contributed by atoms with Gasteiger partial charge in [-0.25, -0.2) is 4.39 Å². The number of halogens is 1. The van der Waals surface area contributed by atoms with Crippen LogP contribution >= 0.6 is 0 Å². The molecule has 1 saturated heterocycles. The van der Waals surface area contributed by atoms with Gasteiger partial charge in [-0.3, -0.25) is 9.59 Å². The van der Waals surface area contributed by atoms with Crippen molar-refractivity contribution in [3.05, 3.63) is 35.6 Å². The fourth-order valence-electron chi connectivity index (χ4n) is 4.37. The van der Waals surface area contributed by atoms with Crippen molar-refractivity contribution >= 4 is 11.8 Å². The van der Waals surface area contributed by atoms with E-state index in [4.69, 9.17) is 0 Å². The maximum absolute atomic E-state index is 13.3. The average molecular weight is 332 g/mol. The molecule has 0 N–H and O–H groups in total. The van der Waals surface area contributed by atoms with E-state index >= 15 is 0 Å². The Morgan fingerprint density at radius 1 is 1.33 bits per heavy atom. The highest BCUT2D eigenvalue weighted by atomic mass is 19.1. The zero-order chi connectivity index (χ0) is 17.3. The van der Waals surface area contributed by atoms with Crippen LogP contribution in [0.15, 0.2) is 24.3 Å². The number of carbonyl (C=O) groups is 2. The Balaban J connectivity index is 1.68. The van der Waals surface area contributed by atoms with Crippen molar-refractivity contribution in [1.82, 2.24) is 9.80 Å². The van der Waals surface area contributed by atoms with E-state index in [1.54, 1.807) is 31.1 Å². The van der Waals surface area contributed by atoms with Gasteiger partial charge in [-0.15, -0.1) is 0 Å². The van der Waals surface area contributed by atoms with Gasteiger partial charge in [0.15, 0.2) is 0 Å². The van der Waals surface area contributed by atoms with Gasteiger partial charge in [0.2, 0.25) is 11.8 Å². The van der Waals surface area contributed by atoms with Gasteiger partial charge in [0.05, 0.1) is 6.42 Å². The van der Waals surface area contributed by atoms with Crippen LogP contribution in [0.5, 0.6) is 0 Å². The summed E-state index contributed by atoms with van der Waals surface area (Å²) >= 11 is 0. The first-order chi connectivity index (χ1) is 11.4. The van der Waals surface area contributed by atoms with Crippen LogP contribution in [-0.4, -0.2) is 48.8 Å². The van der Waals surface area contributed by atoms with Crippen molar-refractivity contribution < 1.29 is 14.0 Å². The molecule has 3 rings (SSSR count). The number of rotatable bonds is 3. The molecule has 2 aliphatic rings. The minimum Gasteiger partial charge on any atom is -0.349 e. The average Bonchev–Trinajstić information content (AvgIpc) is 3.14. The van der Waals surface area contributed by atoms with Crippen molar-refractivity contribution in [2.45, 2.75) is 32.1 Å². The van der Waals surface area contributed by atoms with Crippen molar-refractivity contribution in [3.63, 3.8) is 0 Å². The highest BCUT2D eigenvalue weighted by Crippen LogP contribution is 2.50. The first-order valence-corrected chi connectivity index (χ1v) is 8.65. The van der Waals surface area contributed by atoms with E-state index in [1.807, 2.05) is 4.90 Å². The number of benzene rings is 1. The third-order valence-corrected chi connectivity index (χ3v) is 5.63. The fourth-order valence-corrected chi connectivity index (χ4v) is 4.37. The van der Waals surface area contributed by atoms with E-state index in [0.29, 0.717) is 18.7 Å². The van der Waals surface area contributed by atoms with Crippen LogP contribution in [0.1, 0.15) is 31.2 Å². The summed E-state index contributed by atoms with van der Waals surface area (Å²) in [6, 6.07) is 6.21. The third-order valence-electron chi connectivity index (χ3n) is 5.63. The summed E-state index contributed by atoms with van der Waals surface area (Å²) in [6.45, 7) is 1.36. The number of amides is 2. The Hall–Kier alpha value is -1.91. The van der Waals surface area contributed by atoms with Gasteiger partial charge >= 0.3 is 0 Å². The summed E-state index contributed by atoms with van der Waals surface area (Å²) in [5.41, 5.74) is 0.646. The molecule has 1 aliphatic carbocycles. The van der Waals surface area contributed by atoms with Gasteiger partial charge in [0.25, 0.3) is 0 Å². The number of carbonyl (C=O) groups excluding carboxylic acids is 2. The lowest BCUT2D eigenvalue weighted by atomic mass is 9.76. The van der Waals surface area contributed by atoms with Crippen LogP contribution < -0.4 is 0 Å². The van der Waals surface area contributed by atoms with Gasteiger partial charge in [0, 0.05) is 38.5 Å². The predicted octanol–water partition coefficient (Wildman–Crippen LogP) is 2.48. The SMILES string of the molecule is CN(C)C(=O)[C@H]1CCC[C@@]12CCN(C(=O)Cc1cccc(F)c1)C2. The zero-order valence-corrected chi connectivity index (χ0v) is 14.4. The Labute approximate surface area is 142 Å². The Morgan fingerprint density at radius 2 is 2.12 bits per heavy atom. The molecule has 0 radical (unpaired) electrons. The smallest absolute Gasteiger partial charge is 0.227 e. The quantitative estimate of drug-likeness (QED) is 0.853. The molecule has 1 spiro atoms. The number of hydrogen-bond donors (Lipinski definition) is 0. The monoisotopic (exact) mass is 332 g/mol. The van der Waals surface area contributed by atoms with E-state index < -0.39 is 0 Å². The molecule has 130 valence electrons. The number of hydrogen-bond acceptors (Lipinski definition) is 2. The number of nitrogens with zero attached hydrogens (tertiary/aromatic N) is 2. The third kappa shape index (κ3) is 3.17.